The first-order valence-electron chi connectivity index (χ1n) is 14.6. The van der Waals surface area contributed by atoms with Crippen molar-refractivity contribution in [2.45, 2.75) is 112 Å². The minimum absolute atomic E-state index is 0.0634. The molecule has 3 fully saturated rings. The Balaban J connectivity index is 1.56. The van der Waals surface area contributed by atoms with E-state index in [0.717, 1.165) is 36.8 Å². The fourth-order valence-corrected chi connectivity index (χ4v) is 10.2. The highest BCUT2D eigenvalue weighted by molar-refractivity contribution is 5.94. The molecule has 39 heavy (non-hydrogen) atoms. The molecule has 7 nitrogen and oxygen atoms in total. The van der Waals surface area contributed by atoms with Gasteiger partial charge in [0.1, 0.15) is 12.2 Å². The predicted molar refractivity (Wildman–Crippen MR) is 144 cm³/mol. The van der Waals surface area contributed by atoms with Crippen LogP contribution in [0.5, 0.6) is 0 Å². The van der Waals surface area contributed by atoms with Crippen molar-refractivity contribution >= 4 is 23.7 Å². The zero-order valence-corrected chi connectivity index (χ0v) is 24.5. The number of carboxylic acid groups (broad SMARTS) is 1. The lowest BCUT2D eigenvalue weighted by Gasteiger charge is -2.61. The van der Waals surface area contributed by atoms with Crippen LogP contribution in [0.25, 0.3) is 0 Å². The zero-order valence-electron chi connectivity index (χ0n) is 24.5. The summed E-state index contributed by atoms with van der Waals surface area (Å²) in [6, 6.07) is 0. The van der Waals surface area contributed by atoms with E-state index in [2.05, 4.69) is 20.8 Å². The van der Waals surface area contributed by atoms with E-state index in [4.69, 9.17) is 9.47 Å². The molecule has 8 unspecified atom stereocenters. The molecule has 5 aliphatic rings. The second kappa shape index (κ2) is 9.04. The van der Waals surface area contributed by atoms with Crippen LogP contribution in [0.1, 0.15) is 99.8 Å². The molecule has 0 amide bonds. The van der Waals surface area contributed by atoms with Crippen molar-refractivity contribution in [1.29, 1.82) is 0 Å². The van der Waals surface area contributed by atoms with Gasteiger partial charge in [-0.25, -0.2) is 0 Å². The standard InChI is InChI=1S/C32H44O7/c1-17(2)14-19(34)15-20-26-23(39-27(20)35)16-32(28(36)37)22-8-9-24-29(4,5)25(38-18(3)33)11-12-30(24,6)21(22)10-13-31(26,32)7/h14,20,23-26H,8-13,15-16H2,1-7H3,(H,36,37). The lowest BCUT2D eigenvalue weighted by molar-refractivity contribution is -0.169. The fraction of sp³-hybridized carbons (Fsp3) is 0.750. The van der Waals surface area contributed by atoms with E-state index in [1.165, 1.54) is 12.5 Å². The molecule has 1 heterocycles. The quantitative estimate of drug-likeness (QED) is 0.266. The molecule has 1 aliphatic heterocycles. The highest BCUT2D eigenvalue weighted by Gasteiger charge is 2.74. The number of ether oxygens (including phenoxy) is 2. The van der Waals surface area contributed by atoms with Crippen molar-refractivity contribution in [2.75, 3.05) is 0 Å². The smallest absolute Gasteiger partial charge is 0.314 e. The summed E-state index contributed by atoms with van der Waals surface area (Å²) >= 11 is 0. The summed E-state index contributed by atoms with van der Waals surface area (Å²) in [5, 5.41) is 11.0. The molecule has 0 radical (unpaired) electrons. The van der Waals surface area contributed by atoms with Crippen LogP contribution in [0.15, 0.2) is 22.8 Å². The Morgan fingerprint density at radius 1 is 1.03 bits per heavy atom. The van der Waals surface area contributed by atoms with E-state index in [9.17, 15) is 24.3 Å². The number of carbonyl (C=O) groups is 4. The topological polar surface area (TPSA) is 107 Å². The molecule has 0 aromatic heterocycles. The van der Waals surface area contributed by atoms with Crippen LogP contribution in [-0.4, -0.2) is 41.0 Å². The first kappa shape index (κ1) is 28.1. The highest BCUT2D eigenvalue weighted by atomic mass is 16.6. The third-order valence-corrected chi connectivity index (χ3v) is 11.7. The molecule has 1 N–H and O–H groups in total. The molecule has 5 rings (SSSR count). The maximum atomic E-state index is 13.5. The molecule has 2 saturated carbocycles. The summed E-state index contributed by atoms with van der Waals surface area (Å²) in [6.07, 6.45) is 5.84. The summed E-state index contributed by atoms with van der Waals surface area (Å²) in [7, 11) is 0. The monoisotopic (exact) mass is 540 g/mol. The Labute approximate surface area is 231 Å². The summed E-state index contributed by atoms with van der Waals surface area (Å²) in [5.41, 5.74) is 0.999. The zero-order chi connectivity index (χ0) is 28.7. The number of allylic oxidation sites excluding steroid dienone is 3. The molecule has 214 valence electrons. The van der Waals surface area contributed by atoms with Gasteiger partial charge >= 0.3 is 17.9 Å². The molecule has 4 aliphatic carbocycles. The average molecular weight is 541 g/mol. The number of hydrogen-bond acceptors (Lipinski definition) is 6. The number of fused-ring (bicyclic) bond motifs is 6. The number of ketones is 1. The van der Waals surface area contributed by atoms with E-state index in [1.807, 2.05) is 20.8 Å². The number of rotatable bonds is 5. The molecular formula is C32H44O7. The summed E-state index contributed by atoms with van der Waals surface area (Å²) in [5.74, 6) is -2.19. The molecule has 7 heteroatoms. The van der Waals surface area contributed by atoms with Gasteiger partial charge in [-0.1, -0.05) is 44.4 Å². The highest BCUT2D eigenvalue weighted by Crippen LogP contribution is 2.74. The van der Waals surface area contributed by atoms with E-state index in [1.54, 1.807) is 6.08 Å². The van der Waals surface area contributed by atoms with Crippen LogP contribution in [-0.2, 0) is 28.7 Å². The van der Waals surface area contributed by atoms with Gasteiger partial charge in [-0.2, -0.15) is 0 Å². The van der Waals surface area contributed by atoms with Gasteiger partial charge in [-0.05, 0) is 75.2 Å². The first-order valence-corrected chi connectivity index (χ1v) is 14.6. The van der Waals surface area contributed by atoms with Gasteiger partial charge in [0.2, 0.25) is 0 Å². The van der Waals surface area contributed by atoms with Crippen molar-refractivity contribution in [3.8, 4) is 0 Å². The lowest BCUT2D eigenvalue weighted by Crippen LogP contribution is -2.57. The van der Waals surface area contributed by atoms with E-state index >= 15 is 0 Å². The van der Waals surface area contributed by atoms with Crippen molar-refractivity contribution in [3.05, 3.63) is 22.8 Å². The Bertz CT molecular complexity index is 1190. The van der Waals surface area contributed by atoms with E-state index in [0.29, 0.717) is 12.8 Å². The normalized spacial score (nSPS) is 41.9. The minimum Gasteiger partial charge on any atom is -0.481 e. The van der Waals surface area contributed by atoms with Crippen LogP contribution in [0, 0.1) is 39.4 Å². The van der Waals surface area contributed by atoms with E-state index < -0.39 is 28.8 Å². The van der Waals surface area contributed by atoms with Gasteiger partial charge in [0.05, 0.1) is 11.3 Å². The molecule has 1 saturated heterocycles. The minimum atomic E-state index is -1.11. The van der Waals surface area contributed by atoms with Gasteiger partial charge in [0.15, 0.2) is 5.78 Å². The van der Waals surface area contributed by atoms with Crippen molar-refractivity contribution in [2.24, 2.45) is 39.4 Å². The fourth-order valence-electron chi connectivity index (χ4n) is 10.2. The van der Waals surface area contributed by atoms with Gasteiger partial charge in [0, 0.05) is 31.1 Å². The molecule has 0 spiro atoms. The summed E-state index contributed by atoms with van der Waals surface area (Å²) < 4.78 is 11.7. The molecule has 0 bridgehead atoms. The molecule has 8 atom stereocenters. The summed E-state index contributed by atoms with van der Waals surface area (Å²) in [4.78, 5) is 51.1. The van der Waals surface area contributed by atoms with E-state index in [-0.39, 0.29) is 59.3 Å². The van der Waals surface area contributed by atoms with Crippen LogP contribution in [0.3, 0.4) is 0 Å². The Kier molecular flexibility index (Phi) is 6.51. The van der Waals surface area contributed by atoms with Crippen LogP contribution in [0.2, 0.25) is 0 Å². The third-order valence-electron chi connectivity index (χ3n) is 11.7. The van der Waals surface area contributed by atoms with Gasteiger partial charge in [-0.15, -0.1) is 0 Å². The number of aliphatic carboxylic acids is 1. The Hall–Kier alpha value is -2.44. The number of esters is 2. The van der Waals surface area contributed by atoms with Gasteiger partial charge < -0.3 is 14.6 Å². The second-order valence-electron chi connectivity index (χ2n) is 14.3. The van der Waals surface area contributed by atoms with Gasteiger partial charge in [-0.3, -0.25) is 19.2 Å². The predicted octanol–water partition coefficient (Wildman–Crippen LogP) is 5.81. The summed E-state index contributed by atoms with van der Waals surface area (Å²) in [6.45, 7) is 13.9. The Morgan fingerprint density at radius 2 is 1.72 bits per heavy atom. The maximum absolute atomic E-state index is 13.5. The molecule has 0 aromatic rings. The first-order chi connectivity index (χ1) is 18.1. The number of carbonyl (C=O) groups excluding carboxylic acids is 3. The molecular weight excluding hydrogens is 496 g/mol. The van der Waals surface area contributed by atoms with Gasteiger partial charge in [0.25, 0.3) is 0 Å². The number of hydrogen-bond donors (Lipinski definition) is 1. The van der Waals surface area contributed by atoms with Crippen molar-refractivity contribution in [3.63, 3.8) is 0 Å². The largest absolute Gasteiger partial charge is 0.481 e. The maximum Gasteiger partial charge on any atom is 0.314 e. The van der Waals surface area contributed by atoms with Crippen LogP contribution >= 0.6 is 0 Å². The van der Waals surface area contributed by atoms with Crippen LogP contribution in [0.4, 0.5) is 0 Å². The number of carboxylic acids is 1. The average Bonchev–Trinajstić information content (AvgIpc) is 3.25. The van der Waals surface area contributed by atoms with Crippen molar-refractivity contribution in [1.82, 2.24) is 0 Å². The SMILES string of the molecule is CC(=O)OC1CCC2(C)C3=C(CCC2C1(C)C)C1(C(=O)O)CC2OC(=O)C(CC(=O)C=C(C)C)C2C1(C)CC3. The third kappa shape index (κ3) is 3.81. The second-order valence-corrected chi connectivity index (χ2v) is 14.3. The Morgan fingerprint density at radius 3 is 2.33 bits per heavy atom. The lowest BCUT2D eigenvalue weighted by atomic mass is 9.43. The van der Waals surface area contributed by atoms with Crippen LogP contribution < -0.4 is 0 Å². The van der Waals surface area contributed by atoms with Crippen molar-refractivity contribution < 1.29 is 33.8 Å². The molecule has 0 aromatic carbocycles.